The van der Waals surface area contributed by atoms with Crippen molar-refractivity contribution in [3.05, 3.63) is 66.2 Å². The van der Waals surface area contributed by atoms with Crippen LogP contribution in [-0.4, -0.2) is 45.8 Å². The van der Waals surface area contributed by atoms with E-state index in [1.165, 1.54) is 21.3 Å². The van der Waals surface area contributed by atoms with E-state index < -0.39 is 5.91 Å². The number of amides is 1. The van der Waals surface area contributed by atoms with E-state index in [1.807, 2.05) is 48.5 Å². The molecule has 1 aliphatic heterocycles. The lowest BCUT2D eigenvalue weighted by Gasteiger charge is -2.15. The van der Waals surface area contributed by atoms with Crippen LogP contribution in [0.15, 0.2) is 70.9 Å². The van der Waals surface area contributed by atoms with Gasteiger partial charge in [0.05, 0.1) is 39.7 Å². The molecule has 9 nitrogen and oxygen atoms in total. The van der Waals surface area contributed by atoms with Crippen LogP contribution in [0.4, 0.5) is 5.69 Å². The number of nitrogens with one attached hydrogen (secondary N) is 2. The van der Waals surface area contributed by atoms with Gasteiger partial charge in [0.2, 0.25) is 5.75 Å². The van der Waals surface area contributed by atoms with Crippen LogP contribution in [-0.2, 0) is 4.79 Å². The summed E-state index contributed by atoms with van der Waals surface area (Å²) in [4.78, 5) is 12.5. The SMILES string of the molecule is COc1cc(N/N=C2/C(=O)NN=C2c2ccc(OC)c(OC)c2OC)ccc1-c1ccccc1. The highest BCUT2D eigenvalue weighted by Gasteiger charge is 2.30. The summed E-state index contributed by atoms with van der Waals surface area (Å²) in [6.45, 7) is 0. The summed E-state index contributed by atoms with van der Waals surface area (Å²) in [5, 5.41) is 8.48. The Morgan fingerprint density at radius 2 is 1.50 bits per heavy atom. The molecular formula is C25H24N4O5. The lowest BCUT2D eigenvalue weighted by molar-refractivity contribution is -0.114. The van der Waals surface area contributed by atoms with E-state index in [-0.39, 0.29) is 5.71 Å². The van der Waals surface area contributed by atoms with E-state index >= 15 is 0 Å². The van der Waals surface area contributed by atoms with Crippen molar-refractivity contribution in [3.8, 4) is 34.1 Å². The van der Waals surface area contributed by atoms with E-state index in [1.54, 1.807) is 19.2 Å². The zero-order valence-electron chi connectivity index (χ0n) is 19.2. The molecule has 0 saturated carbocycles. The van der Waals surface area contributed by atoms with Gasteiger partial charge in [0.15, 0.2) is 17.2 Å². The second-order valence-electron chi connectivity index (χ2n) is 7.14. The van der Waals surface area contributed by atoms with Crippen LogP contribution in [0.25, 0.3) is 11.1 Å². The third-order valence-corrected chi connectivity index (χ3v) is 5.25. The summed E-state index contributed by atoms with van der Waals surface area (Å²) >= 11 is 0. The highest BCUT2D eigenvalue weighted by Crippen LogP contribution is 2.40. The quantitative estimate of drug-likeness (QED) is 0.497. The Kier molecular flexibility index (Phi) is 6.63. The van der Waals surface area contributed by atoms with Gasteiger partial charge in [0.25, 0.3) is 5.91 Å². The highest BCUT2D eigenvalue weighted by atomic mass is 16.5. The Labute approximate surface area is 197 Å². The molecule has 34 heavy (non-hydrogen) atoms. The maximum Gasteiger partial charge on any atom is 0.294 e. The van der Waals surface area contributed by atoms with E-state index in [4.69, 9.17) is 18.9 Å². The number of methoxy groups -OCH3 is 4. The fourth-order valence-electron chi connectivity index (χ4n) is 3.64. The number of benzene rings is 3. The summed E-state index contributed by atoms with van der Waals surface area (Å²) in [7, 11) is 6.15. The van der Waals surface area contributed by atoms with E-state index in [2.05, 4.69) is 21.1 Å². The van der Waals surface area contributed by atoms with E-state index in [9.17, 15) is 4.79 Å². The normalized spacial score (nSPS) is 13.8. The van der Waals surface area contributed by atoms with Crippen molar-refractivity contribution in [2.75, 3.05) is 33.9 Å². The Bertz CT molecular complexity index is 1270. The van der Waals surface area contributed by atoms with Gasteiger partial charge in [-0.15, -0.1) is 0 Å². The molecule has 1 heterocycles. The summed E-state index contributed by atoms with van der Waals surface area (Å²) in [6.07, 6.45) is 0. The molecule has 3 aromatic rings. The molecule has 0 spiro atoms. The minimum absolute atomic E-state index is 0.0941. The maximum atomic E-state index is 12.5. The molecule has 0 aliphatic carbocycles. The molecule has 174 valence electrons. The molecule has 3 aromatic carbocycles. The Balaban J connectivity index is 1.66. The van der Waals surface area contributed by atoms with Crippen molar-refractivity contribution in [1.82, 2.24) is 5.43 Å². The fraction of sp³-hybridized carbons (Fsp3) is 0.160. The van der Waals surface area contributed by atoms with Crippen molar-refractivity contribution in [2.45, 2.75) is 0 Å². The first-order chi connectivity index (χ1) is 16.6. The standard InChI is InChI=1S/C25H24N4O5/c1-31-19-13-12-18(23(33-3)24(19)34-4)21-22(25(30)29-27-21)28-26-16-10-11-17(20(14-16)32-2)15-8-6-5-7-9-15/h5-14,26H,1-4H3,(H,28,29,30). The number of rotatable bonds is 8. The first kappa shape index (κ1) is 22.7. The van der Waals surface area contributed by atoms with Crippen LogP contribution < -0.4 is 29.8 Å². The number of ether oxygens (including phenoxy) is 4. The number of hydrogen-bond donors (Lipinski definition) is 2. The molecular weight excluding hydrogens is 436 g/mol. The second-order valence-corrected chi connectivity index (χ2v) is 7.14. The predicted octanol–water partition coefficient (Wildman–Crippen LogP) is 3.69. The molecule has 0 fully saturated rings. The molecule has 0 unspecified atom stereocenters. The Morgan fingerprint density at radius 3 is 2.18 bits per heavy atom. The van der Waals surface area contributed by atoms with Crippen molar-refractivity contribution in [2.24, 2.45) is 10.2 Å². The third-order valence-electron chi connectivity index (χ3n) is 5.25. The third kappa shape index (κ3) is 4.23. The number of carbonyl (C=O) groups excluding carboxylic acids is 1. The predicted molar refractivity (Wildman–Crippen MR) is 130 cm³/mol. The van der Waals surface area contributed by atoms with E-state index in [0.717, 1.165) is 11.1 Å². The van der Waals surface area contributed by atoms with Gasteiger partial charge in [-0.1, -0.05) is 30.3 Å². The molecule has 0 atom stereocenters. The average molecular weight is 460 g/mol. The highest BCUT2D eigenvalue weighted by molar-refractivity contribution is 6.72. The van der Waals surface area contributed by atoms with Crippen LogP contribution in [0.1, 0.15) is 5.56 Å². The van der Waals surface area contributed by atoms with Crippen LogP contribution in [0.2, 0.25) is 0 Å². The van der Waals surface area contributed by atoms with Gasteiger partial charge in [-0.05, 0) is 29.8 Å². The van der Waals surface area contributed by atoms with Gasteiger partial charge in [-0.25, -0.2) is 5.43 Å². The van der Waals surface area contributed by atoms with Crippen molar-refractivity contribution in [1.29, 1.82) is 0 Å². The van der Waals surface area contributed by atoms with Crippen molar-refractivity contribution < 1.29 is 23.7 Å². The van der Waals surface area contributed by atoms with E-state index in [0.29, 0.717) is 40.0 Å². The molecule has 1 aliphatic rings. The average Bonchev–Trinajstić information content (AvgIpc) is 3.26. The lowest BCUT2D eigenvalue weighted by atomic mass is 10.0. The molecule has 4 rings (SSSR count). The molecule has 0 radical (unpaired) electrons. The number of carbonyl (C=O) groups is 1. The summed E-state index contributed by atoms with van der Waals surface area (Å²) in [6, 6.07) is 18.9. The van der Waals surface area contributed by atoms with Crippen LogP contribution in [0.3, 0.4) is 0 Å². The Hall–Kier alpha value is -4.53. The van der Waals surface area contributed by atoms with Gasteiger partial charge in [-0.2, -0.15) is 10.2 Å². The van der Waals surface area contributed by atoms with Crippen molar-refractivity contribution >= 4 is 23.0 Å². The number of hydrogen-bond acceptors (Lipinski definition) is 8. The minimum atomic E-state index is -0.452. The molecule has 0 bridgehead atoms. The minimum Gasteiger partial charge on any atom is -0.496 e. The summed E-state index contributed by atoms with van der Waals surface area (Å²) < 4.78 is 21.9. The van der Waals surface area contributed by atoms with Crippen LogP contribution in [0.5, 0.6) is 23.0 Å². The smallest absolute Gasteiger partial charge is 0.294 e. The topological polar surface area (TPSA) is 103 Å². The lowest BCUT2D eigenvalue weighted by Crippen LogP contribution is -2.25. The van der Waals surface area contributed by atoms with Gasteiger partial charge < -0.3 is 18.9 Å². The molecule has 0 aromatic heterocycles. The van der Waals surface area contributed by atoms with Crippen molar-refractivity contribution in [3.63, 3.8) is 0 Å². The summed E-state index contributed by atoms with van der Waals surface area (Å²) in [5.41, 5.74) is 8.92. The van der Waals surface area contributed by atoms with Gasteiger partial charge in [-0.3, -0.25) is 10.2 Å². The van der Waals surface area contributed by atoms with Gasteiger partial charge >= 0.3 is 0 Å². The molecule has 9 heteroatoms. The monoisotopic (exact) mass is 460 g/mol. The van der Waals surface area contributed by atoms with Crippen LogP contribution in [0, 0.1) is 0 Å². The molecule has 0 saturated heterocycles. The van der Waals surface area contributed by atoms with Crippen LogP contribution >= 0.6 is 0 Å². The summed E-state index contributed by atoms with van der Waals surface area (Å²) in [5.74, 6) is 1.47. The van der Waals surface area contributed by atoms with Gasteiger partial charge in [0, 0.05) is 11.6 Å². The zero-order chi connectivity index (χ0) is 24.1. The zero-order valence-corrected chi connectivity index (χ0v) is 19.2. The largest absolute Gasteiger partial charge is 0.496 e. The Morgan fingerprint density at radius 1 is 0.794 bits per heavy atom. The second kappa shape index (κ2) is 9.95. The maximum absolute atomic E-state index is 12.5. The first-order valence-corrected chi connectivity index (χ1v) is 10.4. The number of hydrazone groups is 2. The number of anilines is 1. The fourth-order valence-corrected chi connectivity index (χ4v) is 3.64. The first-order valence-electron chi connectivity index (χ1n) is 10.4. The molecule has 2 N–H and O–H groups in total. The molecule has 1 amide bonds. The van der Waals surface area contributed by atoms with Gasteiger partial charge in [0.1, 0.15) is 11.5 Å². The number of nitrogens with zero attached hydrogens (tertiary/aromatic N) is 2.